The maximum atomic E-state index is 9.82. The second kappa shape index (κ2) is 5.45. The van der Waals surface area contributed by atoms with Crippen LogP contribution in [0, 0.1) is 11.3 Å². The van der Waals surface area contributed by atoms with E-state index >= 15 is 0 Å². The molecule has 0 aliphatic heterocycles. The molecule has 18 heavy (non-hydrogen) atoms. The third kappa shape index (κ3) is 2.56. The molecule has 0 bridgehead atoms. The number of aromatic amines is 1. The van der Waals surface area contributed by atoms with Crippen LogP contribution in [0.25, 0.3) is 11.3 Å². The van der Waals surface area contributed by atoms with Gasteiger partial charge in [-0.05, 0) is 11.1 Å². The van der Waals surface area contributed by atoms with E-state index in [0.717, 1.165) is 11.3 Å². The highest BCUT2D eigenvalue weighted by Gasteiger charge is 2.17. The fourth-order valence-corrected chi connectivity index (χ4v) is 1.70. The Morgan fingerprint density at radius 2 is 2.00 bits per heavy atom. The summed E-state index contributed by atoms with van der Waals surface area (Å²) in [6.45, 7) is 0. The van der Waals surface area contributed by atoms with Gasteiger partial charge in [0.05, 0.1) is 36.8 Å². The van der Waals surface area contributed by atoms with E-state index in [1.807, 2.05) is 18.2 Å². The van der Waals surface area contributed by atoms with Crippen LogP contribution in [0.5, 0.6) is 0 Å². The summed E-state index contributed by atoms with van der Waals surface area (Å²) in [6, 6.07) is 8.93. The van der Waals surface area contributed by atoms with E-state index in [1.165, 1.54) is 0 Å². The number of hydrogen-bond donors (Lipinski definition) is 3. The number of nitriles is 1. The Hall–Kier alpha value is -2.16. The summed E-state index contributed by atoms with van der Waals surface area (Å²) >= 11 is 0. The van der Waals surface area contributed by atoms with Crippen LogP contribution in [-0.2, 0) is 0 Å². The predicted octanol–water partition coefficient (Wildman–Crippen LogP) is 1.38. The minimum atomic E-state index is -1.06. The maximum Gasteiger partial charge on any atom is 0.106 e. The number of aliphatic hydroxyl groups is 2. The van der Waals surface area contributed by atoms with Crippen molar-refractivity contribution in [2.24, 2.45) is 0 Å². The van der Waals surface area contributed by atoms with Crippen LogP contribution in [0.4, 0.5) is 0 Å². The third-order valence-corrected chi connectivity index (χ3v) is 2.73. The SMILES string of the molecule is N#CCC(O)C(O)c1ccc(-c2cnc[nH]2)cc1. The molecule has 0 fully saturated rings. The quantitative estimate of drug-likeness (QED) is 0.756. The number of nitrogens with zero attached hydrogens (tertiary/aromatic N) is 2. The molecule has 0 spiro atoms. The molecule has 1 heterocycles. The van der Waals surface area contributed by atoms with Gasteiger partial charge in [-0.3, -0.25) is 0 Å². The molecule has 2 rings (SSSR count). The molecular formula is C13H13N3O2. The van der Waals surface area contributed by atoms with Gasteiger partial charge in [-0.15, -0.1) is 0 Å². The lowest BCUT2D eigenvalue weighted by Gasteiger charge is -2.15. The molecule has 1 aromatic heterocycles. The van der Waals surface area contributed by atoms with Crippen molar-refractivity contribution in [2.75, 3.05) is 0 Å². The van der Waals surface area contributed by atoms with E-state index in [9.17, 15) is 10.2 Å². The first kappa shape index (κ1) is 12.3. The standard InChI is InChI=1S/C13H13N3O2/c14-6-5-12(17)13(18)10-3-1-9(2-4-10)11-7-15-8-16-11/h1-4,7-8,12-13,17-18H,5H2,(H,15,16). The summed E-state index contributed by atoms with van der Waals surface area (Å²) < 4.78 is 0. The smallest absolute Gasteiger partial charge is 0.106 e. The Morgan fingerprint density at radius 1 is 1.28 bits per heavy atom. The van der Waals surface area contributed by atoms with Gasteiger partial charge in [0.2, 0.25) is 0 Å². The number of H-pyrrole nitrogens is 1. The molecular weight excluding hydrogens is 230 g/mol. The van der Waals surface area contributed by atoms with Gasteiger partial charge in [0, 0.05) is 0 Å². The van der Waals surface area contributed by atoms with E-state index in [1.54, 1.807) is 24.7 Å². The predicted molar refractivity (Wildman–Crippen MR) is 65.2 cm³/mol. The normalized spacial score (nSPS) is 13.8. The first-order valence-electron chi connectivity index (χ1n) is 5.54. The number of benzene rings is 1. The Bertz CT molecular complexity index is 528. The molecule has 0 amide bonds. The highest BCUT2D eigenvalue weighted by molar-refractivity contribution is 5.58. The minimum absolute atomic E-state index is 0.0938. The fraction of sp³-hybridized carbons (Fsp3) is 0.231. The first-order valence-corrected chi connectivity index (χ1v) is 5.54. The lowest BCUT2D eigenvalue weighted by Crippen LogP contribution is -2.17. The Labute approximate surface area is 104 Å². The van der Waals surface area contributed by atoms with Crippen LogP contribution < -0.4 is 0 Å². The third-order valence-electron chi connectivity index (χ3n) is 2.73. The van der Waals surface area contributed by atoms with Crippen molar-refractivity contribution in [1.82, 2.24) is 9.97 Å². The average molecular weight is 243 g/mol. The number of nitrogens with one attached hydrogen (secondary N) is 1. The summed E-state index contributed by atoms with van der Waals surface area (Å²) in [5.41, 5.74) is 2.41. The summed E-state index contributed by atoms with van der Waals surface area (Å²) in [6.07, 6.45) is 1.10. The minimum Gasteiger partial charge on any atom is -0.389 e. The summed E-state index contributed by atoms with van der Waals surface area (Å²) in [4.78, 5) is 6.91. The van der Waals surface area contributed by atoms with Crippen molar-refractivity contribution < 1.29 is 10.2 Å². The summed E-state index contributed by atoms with van der Waals surface area (Å²) in [5, 5.41) is 27.8. The second-order valence-corrected chi connectivity index (χ2v) is 3.96. The van der Waals surface area contributed by atoms with Crippen LogP contribution >= 0.6 is 0 Å². The lowest BCUT2D eigenvalue weighted by atomic mass is 10.0. The van der Waals surface area contributed by atoms with Crippen molar-refractivity contribution in [3.63, 3.8) is 0 Å². The summed E-state index contributed by atoms with van der Waals surface area (Å²) in [5.74, 6) is 0. The van der Waals surface area contributed by atoms with Crippen LogP contribution in [0.2, 0.25) is 0 Å². The van der Waals surface area contributed by atoms with Gasteiger partial charge in [0.15, 0.2) is 0 Å². The molecule has 92 valence electrons. The van der Waals surface area contributed by atoms with E-state index in [4.69, 9.17) is 5.26 Å². The largest absolute Gasteiger partial charge is 0.389 e. The van der Waals surface area contributed by atoms with E-state index in [-0.39, 0.29) is 6.42 Å². The molecule has 3 N–H and O–H groups in total. The second-order valence-electron chi connectivity index (χ2n) is 3.96. The molecule has 5 nitrogen and oxygen atoms in total. The fourth-order valence-electron chi connectivity index (χ4n) is 1.70. The molecule has 2 unspecified atom stereocenters. The molecule has 0 radical (unpaired) electrons. The molecule has 2 atom stereocenters. The van der Waals surface area contributed by atoms with Crippen LogP contribution in [0.3, 0.4) is 0 Å². The average Bonchev–Trinajstić information content (AvgIpc) is 2.92. The highest BCUT2D eigenvalue weighted by Crippen LogP contribution is 2.22. The number of imidazole rings is 1. The van der Waals surface area contributed by atoms with Gasteiger partial charge in [-0.2, -0.15) is 5.26 Å². The highest BCUT2D eigenvalue weighted by atomic mass is 16.3. The zero-order valence-corrected chi connectivity index (χ0v) is 9.61. The Kier molecular flexibility index (Phi) is 3.72. The van der Waals surface area contributed by atoms with E-state index < -0.39 is 12.2 Å². The molecule has 0 aliphatic rings. The van der Waals surface area contributed by atoms with Gasteiger partial charge in [-0.1, -0.05) is 24.3 Å². The van der Waals surface area contributed by atoms with Gasteiger partial charge >= 0.3 is 0 Å². The number of aromatic nitrogens is 2. The van der Waals surface area contributed by atoms with Crippen LogP contribution in [0.15, 0.2) is 36.8 Å². The van der Waals surface area contributed by atoms with Crippen molar-refractivity contribution in [1.29, 1.82) is 5.26 Å². The molecule has 0 aliphatic carbocycles. The van der Waals surface area contributed by atoms with Crippen molar-refractivity contribution >= 4 is 0 Å². The maximum absolute atomic E-state index is 9.82. The Morgan fingerprint density at radius 3 is 2.56 bits per heavy atom. The topological polar surface area (TPSA) is 92.9 Å². The van der Waals surface area contributed by atoms with Crippen molar-refractivity contribution in [3.8, 4) is 17.3 Å². The monoisotopic (exact) mass is 243 g/mol. The van der Waals surface area contributed by atoms with Gasteiger partial charge in [0.1, 0.15) is 6.10 Å². The first-order chi connectivity index (χ1) is 8.72. The van der Waals surface area contributed by atoms with Crippen LogP contribution in [-0.4, -0.2) is 26.3 Å². The summed E-state index contributed by atoms with van der Waals surface area (Å²) in [7, 11) is 0. The van der Waals surface area contributed by atoms with Crippen molar-refractivity contribution in [3.05, 3.63) is 42.4 Å². The van der Waals surface area contributed by atoms with Crippen LogP contribution in [0.1, 0.15) is 18.1 Å². The lowest BCUT2D eigenvalue weighted by molar-refractivity contribution is 0.0216. The van der Waals surface area contributed by atoms with Gasteiger partial charge in [0.25, 0.3) is 0 Å². The van der Waals surface area contributed by atoms with Crippen molar-refractivity contribution in [2.45, 2.75) is 18.6 Å². The van der Waals surface area contributed by atoms with E-state index in [0.29, 0.717) is 5.56 Å². The molecule has 0 saturated heterocycles. The number of rotatable bonds is 4. The molecule has 5 heteroatoms. The zero-order valence-electron chi connectivity index (χ0n) is 9.61. The Balaban J connectivity index is 2.15. The van der Waals surface area contributed by atoms with E-state index in [2.05, 4.69) is 9.97 Å². The molecule has 1 aromatic carbocycles. The molecule has 0 saturated carbocycles. The molecule has 2 aromatic rings. The van der Waals surface area contributed by atoms with Gasteiger partial charge in [-0.25, -0.2) is 4.98 Å². The number of aliphatic hydroxyl groups excluding tert-OH is 2. The van der Waals surface area contributed by atoms with Gasteiger partial charge < -0.3 is 15.2 Å². The zero-order chi connectivity index (χ0) is 13.0. The number of hydrogen-bond acceptors (Lipinski definition) is 4.